The van der Waals surface area contributed by atoms with Crippen LogP contribution in [0.25, 0.3) is 0 Å². The Balaban J connectivity index is 2.20. The van der Waals surface area contributed by atoms with Crippen molar-refractivity contribution < 1.29 is 9.15 Å². The third-order valence-electron chi connectivity index (χ3n) is 2.49. The fraction of sp³-hybridized carbons (Fsp3) is 0.231. The summed E-state index contributed by atoms with van der Waals surface area (Å²) >= 11 is 5.84. The Morgan fingerprint density at radius 1 is 1.53 bits per heavy atom. The summed E-state index contributed by atoms with van der Waals surface area (Å²) in [7, 11) is 1.60. The van der Waals surface area contributed by atoms with Gasteiger partial charge in [0, 0.05) is 7.11 Å². The quantitative estimate of drug-likeness (QED) is 0.910. The lowest BCUT2D eigenvalue weighted by atomic mass is 10.2. The van der Waals surface area contributed by atoms with Crippen molar-refractivity contribution in [2.75, 3.05) is 19.0 Å². The first-order valence-electron chi connectivity index (χ1n) is 5.60. The molecule has 0 saturated heterocycles. The predicted molar refractivity (Wildman–Crippen MR) is 70.9 cm³/mol. The van der Waals surface area contributed by atoms with Gasteiger partial charge in [-0.1, -0.05) is 11.6 Å². The van der Waals surface area contributed by atoms with Crippen molar-refractivity contribution in [2.45, 2.75) is 6.04 Å². The molecule has 0 spiro atoms. The Labute approximate surface area is 115 Å². The van der Waals surface area contributed by atoms with Crippen LogP contribution in [-0.4, -0.2) is 18.7 Å². The first kappa shape index (κ1) is 13.4. The van der Waals surface area contributed by atoms with Gasteiger partial charge in [0.2, 0.25) is 0 Å². The maximum Gasteiger partial charge on any atom is 0.161 e. The largest absolute Gasteiger partial charge is 0.467 e. The van der Waals surface area contributed by atoms with E-state index in [-0.39, 0.29) is 11.7 Å². The summed E-state index contributed by atoms with van der Waals surface area (Å²) in [5, 5.41) is 12.4. The average Bonchev–Trinajstić information content (AvgIpc) is 2.94. The van der Waals surface area contributed by atoms with Gasteiger partial charge in [-0.3, -0.25) is 0 Å². The molecule has 2 heterocycles. The molecule has 1 atom stereocenters. The Morgan fingerprint density at radius 3 is 3.00 bits per heavy atom. The number of pyridine rings is 1. The second kappa shape index (κ2) is 6.23. The van der Waals surface area contributed by atoms with E-state index in [1.165, 1.54) is 0 Å². The Morgan fingerprint density at radius 2 is 2.37 bits per heavy atom. The van der Waals surface area contributed by atoms with Crippen LogP contribution in [0, 0.1) is 11.3 Å². The van der Waals surface area contributed by atoms with E-state index in [1.54, 1.807) is 31.6 Å². The van der Waals surface area contributed by atoms with Crippen molar-refractivity contribution in [3.63, 3.8) is 0 Å². The van der Waals surface area contributed by atoms with Gasteiger partial charge in [0.1, 0.15) is 23.7 Å². The van der Waals surface area contributed by atoms with Gasteiger partial charge >= 0.3 is 0 Å². The third kappa shape index (κ3) is 3.25. The molecule has 6 heteroatoms. The number of nitrogens with one attached hydrogen (secondary N) is 1. The van der Waals surface area contributed by atoms with Crippen molar-refractivity contribution in [1.82, 2.24) is 4.98 Å². The van der Waals surface area contributed by atoms with E-state index in [2.05, 4.69) is 10.3 Å². The lowest BCUT2D eigenvalue weighted by Gasteiger charge is -2.16. The van der Waals surface area contributed by atoms with E-state index >= 15 is 0 Å². The number of aromatic nitrogens is 1. The number of ether oxygens (including phenoxy) is 1. The maximum absolute atomic E-state index is 8.90. The standard InChI is InChI=1S/C13H12ClN3O2/c1-18-8-11(12-3-2-6-19-12)17-13-5-4-9(14)10(7-15)16-13/h2-6,11H,8H2,1H3,(H,16,17). The summed E-state index contributed by atoms with van der Waals surface area (Å²) in [5.41, 5.74) is 0.183. The predicted octanol–water partition coefficient (Wildman–Crippen LogP) is 3.00. The van der Waals surface area contributed by atoms with Crippen LogP contribution in [0.15, 0.2) is 34.9 Å². The molecule has 2 aromatic heterocycles. The number of anilines is 1. The van der Waals surface area contributed by atoms with Crippen LogP contribution in [0.5, 0.6) is 0 Å². The smallest absolute Gasteiger partial charge is 0.161 e. The summed E-state index contributed by atoms with van der Waals surface area (Å²) in [6, 6.07) is 8.73. The second-order valence-electron chi connectivity index (χ2n) is 3.81. The molecule has 2 aromatic rings. The first-order valence-corrected chi connectivity index (χ1v) is 5.98. The van der Waals surface area contributed by atoms with Crippen LogP contribution >= 0.6 is 11.6 Å². The minimum absolute atomic E-state index is 0.180. The SMILES string of the molecule is COCC(Nc1ccc(Cl)c(C#N)n1)c1ccco1. The Kier molecular flexibility index (Phi) is 4.39. The number of furan rings is 1. The molecule has 1 unspecified atom stereocenters. The fourth-order valence-electron chi connectivity index (χ4n) is 1.63. The zero-order chi connectivity index (χ0) is 13.7. The van der Waals surface area contributed by atoms with Gasteiger partial charge in [0.05, 0.1) is 17.9 Å². The molecule has 0 radical (unpaired) electrons. The Bertz CT molecular complexity index is 578. The van der Waals surface area contributed by atoms with Crippen LogP contribution in [-0.2, 0) is 4.74 Å². The molecule has 0 saturated carbocycles. The zero-order valence-electron chi connectivity index (χ0n) is 10.3. The summed E-state index contributed by atoms with van der Waals surface area (Å²) in [5.74, 6) is 1.27. The van der Waals surface area contributed by atoms with Crippen LogP contribution in [0.1, 0.15) is 17.5 Å². The maximum atomic E-state index is 8.90. The summed E-state index contributed by atoms with van der Waals surface area (Å²) in [4.78, 5) is 4.12. The van der Waals surface area contributed by atoms with E-state index in [4.69, 9.17) is 26.0 Å². The van der Waals surface area contributed by atoms with Crippen molar-refractivity contribution in [3.8, 4) is 6.07 Å². The zero-order valence-corrected chi connectivity index (χ0v) is 11.0. The minimum Gasteiger partial charge on any atom is -0.467 e. The number of rotatable bonds is 5. The molecule has 5 nitrogen and oxygen atoms in total. The number of methoxy groups -OCH3 is 1. The molecule has 0 amide bonds. The van der Waals surface area contributed by atoms with Crippen molar-refractivity contribution in [1.29, 1.82) is 5.26 Å². The molecule has 2 rings (SSSR count). The summed E-state index contributed by atoms with van der Waals surface area (Å²) < 4.78 is 10.5. The van der Waals surface area contributed by atoms with Crippen LogP contribution < -0.4 is 5.32 Å². The molecule has 1 N–H and O–H groups in total. The van der Waals surface area contributed by atoms with E-state index in [0.29, 0.717) is 17.4 Å². The number of hydrogen-bond donors (Lipinski definition) is 1. The monoisotopic (exact) mass is 277 g/mol. The molecule has 0 bridgehead atoms. The van der Waals surface area contributed by atoms with Crippen LogP contribution in [0.2, 0.25) is 5.02 Å². The Hall–Kier alpha value is -2.03. The first-order chi connectivity index (χ1) is 9.24. The van der Waals surface area contributed by atoms with Crippen molar-refractivity contribution in [2.24, 2.45) is 0 Å². The number of hydrogen-bond acceptors (Lipinski definition) is 5. The highest BCUT2D eigenvalue weighted by Crippen LogP contribution is 2.21. The van der Waals surface area contributed by atoms with Gasteiger partial charge in [0.15, 0.2) is 5.69 Å². The van der Waals surface area contributed by atoms with Crippen molar-refractivity contribution in [3.05, 3.63) is 47.0 Å². The molecular weight excluding hydrogens is 266 g/mol. The van der Waals surface area contributed by atoms with Gasteiger partial charge in [-0.25, -0.2) is 4.98 Å². The molecule has 98 valence electrons. The van der Waals surface area contributed by atoms with Crippen LogP contribution in [0.3, 0.4) is 0 Å². The minimum atomic E-state index is -0.180. The highest BCUT2D eigenvalue weighted by atomic mass is 35.5. The number of nitrogens with zero attached hydrogens (tertiary/aromatic N) is 2. The lowest BCUT2D eigenvalue weighted by molar-refractivity contribution is 0.178. The molecule has 0 aromatic carbocycles. The number of halogens is 1. The highest BCUT2D eigenvalue weighted by molar-refractivity contribution is 6.31. The van der Waals surface area contributed by atoms with Crippen LogP contribution in [0.4, 0.5) is 5.82 Å². The summed E-state index contributed by atoms with van der Waals surface area (Å²) in [6.45, 7) is 0.416. The van der Waals surface area contributed by atoms with Gasteiger partial charge in [-0.05, 0) is 24.3 Å². The molecule has 0 fully saturated rings. The molecule has 19 heavy (non-hydrogen) atoms. The molecular formula is C13H12ClN3O2. The molecule has 0 aliphatic carbocycles. The molecule has 0 aliphatic rings. The average molecular weight is 278 g/mol. The van der Waals surface area contributed by atoms with E-state index in [0.717, 1.165) is 5.76 Å². The number of nitriles is 1. The fourth-order valence-corrected chi connectivity index (χ4v) is 1.78. The van der Waals surface area contributed by atoms with E-state index in [1.807, 2.05) is 12.1 Å². The third-order valence-corrected chi connectivity index (χ3v) is 2.80. The highest BCUT2D eigenvalue weighted by Gasteiger charge is 2.15. The second-order valence-corrected chi connectivity index (χ2v) is 4.21. The van der Waals surface area contributed by atoms with E-state index < -0.39 is 0 Å². The van der Waals surface area contributed by atoms with Gasteiger partial charge < -0.3 is 14.5 Å². The van der Waals surface area contributed by atoms with Gasteiger partial charge in [-0.15, -0.1) is 0 Å². The van der Waals surface area contributed by atoms with E-state index in [9.17, 15) is 0 Å². The molecule has 0 aliphatic heterocycles. The topological polar surface area (TPSA) is 71.1 Å². The van der Waals surface area contributed by atoms with Crippen molar-refractivity contribution >= 4 is 17.4 Å². The normalized spacial score (nSPS) is 11.8. The van der Waals surface area contributed by atoms with Gasteiger partial charge in [-0.2, -0.15) is 5.26 Å². The van der Waals surface area contributed by atoms with Gasteiger partial charge in [0.25, 0.3) is 0 Å². The summed E-state index contributed by atoms with van der Waals surface area (Å²) in [6.07, 6.45) is 1.59. The lowest BCUT2D eigenvalue weighted by Crippen LogP contribution is -2.16.